The normalized spacial score (nSPS) is 10.8. The lowest BCUT2D eigenvalue weighted by atomic mass is 9.95. The van der Waals surface area contributed by atoms with E-state index in [-0.39, 0.29) is 18.4 Å². The molecule has 0 spiro atoms. The van der Waals surface area contributed by atoms with Crippen molar-refractivity contribution in [2.24, 2.45) is 0 Å². The molecule has 0 fully saturated rings. The predicted octanol–water partition coefficient (Wildman–Crippen LogP) is 4.23. The molecule has 4 nitrogen and oxygen atoms in total. The van der Waals surface area contributed by atoms with Crippen LogP contribution in [-0.4, -0.2) is 24.6 Å². The highest BCUT2D eigenvalue weighted by Gasteiger charge is 2.11. The Morgan fingerprint density at radius 2 is 1.96 bits per heavy atom. The number of likely N-dealkylation sites (N-methyl/N-ethyl adjacent to an activating group) is 1. The number of phenolic OH excluding ortho intramolecular Hbond substituents is 1. The quantitative estimate of drug-likeness (QED) is 0.722. The van der Waals surface area contributed by atoms with E-state index in [4.69, 9.17) is 11.6 Å². The molecule has 2 rings (SSSR count). The van der Waals surface area contributed by atoms with Crippen LogP contribution in [0.25, 0.3) is 0 Å². The lowest BCUT2D eigenvalue weighted by Gasteiger charge is -2.15. The van der Waals surface area contributed by atoms with Gasteiger partial charge < -0.3 is 15.7 Å². The molecule has 0 bridgehead atoms. The van der Waals surface area contributed by atoms with Crippen LogP contribution in [0.4, 0.5) is 5.69 Å². The van der Waals surface area contributed by atoms with Crippen LogP contribution in [0.3, 0.4) is 0 Å². The molecule has 0 saturated heterocycles. The number of anilines is 1. The fourth-order valence-corrected chi connectivity index (χ4v) is 3.08. The molecule has 0 radical (unpaired) electrons. The van der Waals surface area contributed by atoms with Gasteiger partial charge in [-0.2, -0.15) is 0 Å². The Kier molecular flexibility index (Phi) is 6.32. The van der Waals surface area contributed by atoms with Gasteiger partial charge in [0.2, 0.25) is 5.91 Å². The van der Waals surface area contributed by atoms with Crippen molar-refractivity contribution >= 4 is 23.2 Å². The number of carbonyl (C=O) groups excluding carboxylic acids is 1. The highest BCUT2D eigenvalue weighted by atomic mass is 35.5. The second-order valence-electron chi connectivity index (χ2n) is 6.50. The van der Waals surface area contributed by atoms with E-state index < -0.39 is 0 Å². The van der Waals surface area contributed by atoms with E-state index in [0.29, 0.717) is 17.2 Å². The lowest BCUT2D eigenvalue weighted by Crippen LogP contribution is -2.26. The predicted molar refractivity (Wildman–Crippen MR) is 104 cm³/mol. The zero-order valence-electron chi connectivity index (χ0n) is 15.1. The Balaban J connectivity index is 2.23. The molecule has 2 aromatic rings. The molecule has 3 N–H and O–H groups in total. The van der Waals surface area contributed by atoms with Crippen molar-refractivity contribution in [3.63, 3.8) is 0 Å². The number of benzene rings is 2. The molecule has 5 heteroatoms. The van der Waals surface area contributed by atoms with Gasteiger partial charge in [0.15, 0.2) is 0 Å². The molecule has 1 amide bonds. The summed E-state index contributed by atoms with van der Waals surface area (Å²) in [5.41, 5.74) is 4.98. The van der Waals surface area contributed by atoms with E-state index in [2.05, 4.69) is 24.5 Å². The van der Waals surface area contributed by atoms with Gasteiger partial charge in [-0.1, -0.05) is 37.6 Å². The van der Waals surface area contributed by atoms with E-state index in [0.717, 1.165) is 27.9 Å². The molecule has 2 aromatic carbocycles. The number of nitrogens with one attached hydrogen (secondary N) is 2. The number of carbonyl (C=O) groups is 1. The number of hydrogen-bond acceptors (Lipinski definition) is 3. The highest BCUT2D eigenvalue weighted by molar-refractivity contribution is 6.31. The summed E-state index contributed by atoms with van der Waals surface area (Å²) in [5.74, 6) is 0.506. The Hall–Kier alpha value is -2.20. The molecule has 0 aliphatic carbocycles. The Labute approximate surface area is 154 Å². The number of rotatable bonds is 6. The first-order valence-electron chi connectivity index (χ1n) is 8.37. The van der Waals surface area contributed by atoms with Crippen LogP contribution in [0.15, 0.2) is 30.3 Å². The van der Waals surface area contributed by atoms with Gasteiger partial charge in [0, 0.05) is 17.8 Å². The molecule has 134 valence electrons. The standard InChI is InChI=1S/C20H25ClN2O2/c1-12(2)16-8-14(5-6-19(16)24)9-17-13(3)7-15(10-18(17)21)23-11-20(25)22-4/h5-8,10,12,23-24H,9,11H2,1-4H3,(H,22,25). The maximum absolute atomic E-state index is 11.4. The van der Waals surface area contributed by atoms with E-state index in [1.165, 1.54) is 0 Å². The number of amides is 1. The van der Waals surface area contributed by atoms with Crippen molar-refractivity contribution in [3.05, 3.63) is 57.6 Å². The summed E-state index contributed by atoms with van der Waals surface area (Å²) in [4.78, 5) is 11.4. The molecule has 0 heterocycles. The summed E-state index contributed by atoms with van der Waals surface area (Å²) in [6.45, 7) is 6.34. The van der Waals surface area contributed by atoms with Gasteiger partial charge in [-0.25, -0.2) is 0 Å². The van der Waals surface area contributed by atoms with Gasteiger partial charge in [0.1, 0.15) is 5.75 Å². The maximum atomic E-state index is 11.4. The van der Waals surface area contributed by atoms with Gasteiger partial charge >= 0.3 is 0 Å². The average Bonchev–Trinajstić information content (AvgIpc) is 2.57. The van der Waals surface area contributed by atoms with Crippen LogP contribution in [0.2, 0.25) is 5.02 Å². The van der Waals surface area contributed by atoms with Gasteiger partial charge in [0.05, 0.1) is 6.54 Å². The molecular formula is C20H25ClN2O2. The number of hydrogen-bond donors (Lipinski definition) is 3. The average molecular weight is 361 g/mol. The summed E-state index contributed by atoms with van der Waals surface area (Å²) in [6.07, 6.45) is 0.695. The van der Waals surface area contributed by atoms with Crippen molar-refractivity contribution < 1.29 is 9.90 Å². The van der Waals surface area contributed by atoms with Crippen LogP contribution in [0.1, 0.15) is 42.0 Å². The zero-order chi connectivity index (χ0) is 18.6. The topological polar surface area (TPSA) is 61.4 Å². The first-order chi connectivity index (χ1) is 11.8. The fourth-order valence-electron chi connectivity index (χ4n) is 2.75. The van der Waals surface area contributed by atoms with E-state index in [9.17, 15) is 9.90 Å². The first kappa shape index (κ1) is 19.1. The molecule has 0 atom stereocenters. The fraction of sp³-hybridized carbons (Fsp3) is 0.350. The van der Waals surface area contributed by atoms with Gasteiger partial charge in [-0.05, 0) is 59.7 Å². The first-order valence-corrected chi connectivity index (χ1v) is 8.75. The largest absolute Gasteiger partial charge is 0.508 e. The maximum Gasteiger partial charge on any atom is 0.239 e. The van der Waals surface area contributed by atoms with Crippen LogP contribution in [-0.2, 0) is 11.2 Å². The Bertz CT molecular complexity index is 749. The van der Waals surface area contributed by atoms with E-state index in [1.807, 2.05) is 31.2 Å². The minimum absolute atomic E-state index is 0.0804. The Morgan fingerprint density at radius 1 is 1.24 bits per heavy atom. The second kappa shape index (κ2) is 8.26. The van der Waals surface area contributed by atoms with Crippen LogP contribution in [0.5, 0.6) is 5.75 Å². The number of phenols is 1. The van der Waals surface area contributed by atoms with Crippen LogP contribution >= 0.6 is 11.6 Å². The molecule has 0 saturated carbocycles. The summed E-state index contributed by atoms with van der Waals surface area (Å²) < 4.78 is 0. The molecule has 0 unspecified atom stereocenters. The van der Waals surface area contributed by atoms with Gasteiger partial charge in [-0.15, -0.1) is 0 Å². The van der Waals surface area contributed by atoms with Gasteiger partial charge in [-0.3, -0.25) is 4.79 Å². The highest BCUT2D eigenvalue weighted by Crippen LogP contribution is 2.30. The summed E-state index contributed by atoms with van der Waals surface area (Å²) in [5, 5.41) is 16.3. The van der Waals surface area contributed by atoms with Crippen LogP contribution in [0, 0.1) is 6.92 Å². The number of aromatic hydroxyl groups is 1. The van der Waals surface area contributed by atoms with Gasteiger partial charge in [0.25, 0.3) is 0 Å². The Morgan fingerprint density at radius 3 is 2.56 bits per heavy atom. The third kappa shape index (κ3) is 4.89. The number of aryl methyl sites for hydroxylation is 1. The molecule has 0 aliphatic rings. The van der Waals surface area contributed by atoms with E-state index in [1.54, 1.807) is 13.1 Å². The lowest BCUT2D eigenvalue weighted by molar-refractivity contribution is -0.118. The zero-order valence-corrected chi connectivity index (χ0v) is 15.9. The molecule has 25 heavy (non-hydrogen) atoms. The SMILES string of the molecule is CNC(=O)CNc1cc(C)c(Cc2ccc(O)c(C(C)C)c2)c(Cl)c1. The monoisotopic (exact) mass is 360 g/mol. The van der Waals surface area contributed by atoms with E-state index >= 15 is 0 Å². The van der Waals surface area contributed by atoms with Crippen molar-refractivity contribution in [1.82, 2.24) is 5.32 Å². The minimum Gasteiger partial charge on any atom is -0.508 e. The van der Waals surface area contributed by atoms with Crippen molar-refractivity contribution in [2.45, 2.75) is 33.1 Å². The summed E-state index contributed by atoms with van der Waals surface area (Å²) in [7, 11) is 1.61. The van der Waals surface area contributed by atoms with Crippen LogP contribution < -0.4 is 10.6 Å². The molecule has 0 aromatic heterocycles. The molecule has 0 aliphatic heterocycles. The third-order valence-electron chi connectivity index (χ3n) is 4.25. The minimum atomic E-state index is -0.0804. The third-order valence-corrected chi connectivity index (χ3v) is 4.58. The van der Waals surface area contributed by atoms with Crippen molar-refractivity contribution in [2.75, 3.05) is 18.9 Å². The number of halogens is 1. The van der Waals surface area contributed by atoms with Crippen molar-refractivity contribution in [1.29, 1.82) is 0 Å². The summed E-state index contributed by atoms with van der Waals surface area (Å²) in [6, 6.07) is 9.54. The smallest absolute Gasteiger partial charge is 0.239 e. The van der Waals surface area contributed by atoms with Crippen molar-refractivity contribution in [3.8, 4) is 5.75 Å². The summed E-state index contributed by atoms with van der Waals surface area (Å²) >= 11 is 6.48. The second-order valence-corrected chi connectivity index (χ2v) is 6.91. The molecular weight excluding hydrogens is 336 g/mol.